The van der Waals surface area contributed by atoms with E-state index in [1.54, 1.807) is 43.5 Å². The Hall–Kier alpha value is -5.61. The van der Waals surface area contributed by atoms with Crippen LogP contribution in [0.5, 0.6) is 17.2 Å². The number of amides is 2. The van der Waals surface area contributed by atoms with E-state index in [1.807, 2.05) is 91.9 Å². The SMILES string of the molecule is COc1cccc(CN(C(=O)CN(c2ccc(Oc3ccccc3)cc2)S(=O)(=O)c2ccc(C)cc2)[C@@H](Cc2ccccc2)C(=O)NC2CCCC2)c1. The number of methoxy groups -OCH3 is 1. The maximum atomic E-state index is 14.9. The molecule has 1 atom stereocenters. The number of carbonyl (C=O) groups is 2. The monoisotopic (exact) mass is 731 g/mol. The summed E-state index contributed by atoms with van der Waals surface area (Å²) in [6.07, 6.45) is 4.05. The molecule has 1 fully saturated rings. The second kappa shape index (κ2) is 17.3. The van der Waals surface area contributed by atoms with Crippen LogP contribution in [0.25, 0.3) is 0 Å². The van der Waals surface area contributed by atoms with Crippen LogP contribution in [0.2, 0.25) is 0 Å². The topological polar surface area (TPSA) is 105 Å². The maximum absolute atomic E-state index is 14.9. The number of nitrogens with zero attached hydrogens (tertiary/aromatic N) is 2. The predicted octanol–water partition coefficient (Wildman–Crippen LogP) is 7.69. The molecule has 1 N–H and O–H groups in total. The van der Waals surface area contributed by atoms with Gasteiger partial charge in [0, 0.05) is 19.0 Å². The van der Waals surface area contributed by atoms with Crippen LogP contribution in [0.4, 0.5) is 5.69 Å². The summed E-state index contributed by atoms with van der Waals surface area (Å²) in [5.41, 5.74) is 2.78. The number of para-hydroxylation sites is 1. The number of carbonyl (C=O) groups excluding carboxylic acids is 2. The van der Waals surface area contributed by atoms with E-state index in [2.05, 4.69) is 5.32 Å². The van der Waals surface area contributed by atoms with Gasteiger partial charge < -0.3 is 19.7 Å². The van der Waals surface area contributed by atoms with Crippen LogP contribution in [-0.4, -0.2) is 50.9 Å². The largest absolute Gasteiger partial charge is 0.497 e. The molecule has 6 rings (SSSR count). The van der Waals surface area contributed by atoms with Crippen molar-refractivity contribution < 1.29 is 27.5 Å². The van der Waals surface area contributed by atoms with Crippen molar-refractivity contribution in [3.8, 4) is 17.2 Å². The number of sulfonamides is 1. The zero-order valence-corrected chi connectivity index (χ0v) is 30.9. The molecule has 9 nitrogen and oxygen atoms in total. The Morgan fingerprint density at radius 2 is 1.36 bits per heavy atom. The smallest absolute Gasteiger partial charge is 0.264 e. The highest BCUT2D eigenvalue weighted by Crippen LogP contribution is 2.29. The molecule has 1 aliphatic carbocycles. The van der Waals surface area contributed by atoms with Gasteiger partial charge in [0.05, 0.1) is 17.7 Å². The highest BCUT2D eigenvalue weighted by Gasteiger charge is 2.35. The van der Waals surface area contributed by atoms with Gasteiger partial charge in [-0.3, -0.25) is 13.9 Å². The molecular formula is C43H45N3O6S. The van der Waals surface area contributed by atoms with Gasteiger partial charge in [-0.1, -0.05) is 91.2 Å². The van der Waals surface area contributed by atoms with E-state index in [-0.39, 0.29) is 35.5 Å². The van der Waals surface area contributed by atoms with Crippen molar-refractivity contribution >= 4 is 27.5 Å². The highest BCUT2D eigenvalue weighted by atomic mass is 32.2. The van der Waals surface area contributed by atoms with Gasteiger partial charge in [0.15, 0.2) is 0 Å². The number of hydrogen-bond donors (Lipinski definition) is 1. The molecule has 0 saturated heterocycles. The Morgan fingerprint density at radius 1 is 0.755 bits per heavy atom. The zero-order chi connectivity index (χ0) is 37.2. The summed E-state index contributed by atoms with van der Waals surface area (Å²) in [7, 11) is -2.69. The Morgan fingerprint density at radius 3 is 2.02 bits per heavy atom. The minimum absolute atomic E-state index is 0.0181. The molecule has 2 amide bonds. The van der Waals surface area contributed by atoms with Crippen LogP contribution in [0.1, 0.15) is 42.4 Å². The molecule has 0 aromatic heterocycles. The molecular weight excluding hydrogens is 687 g/mol. The van der Waals surface area contributed by atoms with Gasteiger partial charge in [-0.05, 0) is 91.6 Å². The summed E-state index contributed by atoms with van der Waals surface area (Å²) in [5.74, 6) is 0.937. The van der Waals surface area contributed by atoms with Crippen LogP contribution in [-0.2, 0) is 32.6 Å². The number of aryl methyl sites for hydroxylation is 1. The quantitative estimate of drug-likeness (QED) is 0.118. The van der Waals surface area contributed by atoms with Crippen LogP contribution in [0.3, 0.4) is 0 Å². The van der Waals surface area contributed by atoms with E-state index in [0.29, 0.717) is 17.2 Å². The van der Waals surface area contributed by atoms with Gasteiger partial charge in [-0.2, -0.15) is 0 Å². The van der Waals surface area contributed by atoms with E-state index in [1.165, 1.54) is 17.0 Å². The van der Waals surface area contributed by atoms with Crippen molar-refractivity contribution in [3.05, 3.63) is 150 Å². The molecule has 274 valence electrons. The first-order chi connectivity index (χ1) is 25.7. The van der Waals surface area contributed by atoms with E-state index >= 15 is 0 Å². The fraction of sp³-hybridized carbons (Fsp3) is 0.256. The third kappa shape index (κ3) is 9.64. The van der Waals surface area contributed by atoms with Crippen LogP contribution >= 0.6 is 0 Å². The van der Waals surface area contributed by atoms with Crippen molar-refractivity contribution in [1.29, 1.82) is 0 Å². The minimum atomic E-state index is -4.25. The van der Waals surface area contributed by atoms with Crippen LogP contribution in [0.15, 0.2) is 138 Å². The summed E-state index contributed by atoms with van der Waals surface area (Å²) in [4.78, 5) is 30.7. The third-order valence-corrected chi connectivity index (χ3v) is 11.2. The van der Waals surface area contributed by atoms with E-state index in [0.717, 1.165) is 46.7 Å². The normalized spacial score (nSPS) is 13.5. The number of hydrogen-bond acceptors (Lipinski definition) is 6. The molecule has 5 aromatic carbocycles. The summed E-state index contributed by atoms with van der Waals surface area (Å²) in [6, 6.07) is 38.4. The lowest BCUT2D eigenvalue weighted by molar-refractivity contribution is -0.140. The zero-order valence-electron chi connectivity index (χ0n) is 30.1. The molecule has 10 heteroatoms. The number of ether oxygens (including phenoxy) is 2. The fourth-order valence-corrected chi connectivity index (χ4v) is 7.97. The van der Waals surface area contributed by atoms with Crippen molar-refractivity contribution in [2.75, 3.05) is 18.0 Å². The van der Waals surface area contributed by atoms with Gasteiger partial charge in [0.2, 0.25) is 11.8 Å². The van der Waals surface area contributed by atoms with E-state index in [9.17, 15) is 18.0 Å². The summed E-state index contributed by atoms with van der Waals surface area (Å²) < 4.78 is 41.5. The average molecular weight is 732 g/mol. The molecule has 1 aliphatic rings. The average Bonchev–Trinajstić information content (AvgIpc) is 3.69. The van der Waals surface area contributed by atoms with Gasteiger partial charge >= 0.3 is 0 Å². The third-order valence-electron chi connectivity index (χ3n) is 9.45. The van der Waals surface area contributed by atoms with Crippen molar-refractivity contribution in [3.63, 3.8) is 0 Å². The lowest BCUT2D eigenvalue weighted by atomic mass is 10.0. The lowest BCUT2D eigenvalue weighted by Crippen LogP contribution is -2.54. The summed E-state index contributed by atoms with van der Waals surface area (Å²) in [5, 5.41) is 3.21. The lowest BCUT2D eigenvalue weighted by Gasteiger charge is -2.34. The summed E-state index contributed by atoms with van der Waals surface area (Å²) >= 11 is 0. The van der Waals surface area contributed by atoms with Crippen molar-refractivity contribution in [2.45, 2.75) is 62.6 Å². The van der Waals surface area contributed by atoms with Crippen molar-refractivity contribution in [1.82, 2.24) is 10.2 Å². The molecule has 0 aliphatic heterocycles. The maximum Gasteiger partial charge on any atom is 0.264 e. The highest BCUT2D eigenvalue weighted by molar-refractivity contribution is 7.92. The molecule has 5 aromatic rings. The molecule has 0 bridgehead atoms. The first-order valence-corrected chi connectivity index (χ1v) is 19.3. The minimum Gasteiger partial charge on any atom is -0.497 e. The van der Waals surface area contributed by atoms with E-state index < -0.39 is 28.5 Å². The molecule has 0 unspecified atom stereocenters. The summed E-state index contributed by atoms with van der Waals surface area (Å²) in [6.45, 7) is 1.37. The first-order valence-electron chi connectivity index (χ1n) is 17.9. The standard InChI is InChI=1S/C43H45N3O6S/c1-32-20-26-40(27-21-32)53(49,50)46(36-22-24-38(25-23-36)52-37-17-7-4-8-18-37)31-42(47)45(30-34-14-11-19-39(28-34)51-2)41(29-33-12-5-3-6-13-33)43(48)44-35-15-9-10-16-35/h3-8,11-14,17-28,35,41H,9-10,15-16,29-31H2,1-2H3,(H,44,48)/t41-/m0/s1. The second-order valence-electron chi connectivity index (χ2n) is 13.3. The Bertz CT molecular complexity index is 2070. The number of benzene rings is 5. The number of rotatable bonds is 15. The van der Waals surface area contributed by atoms with E-state index in [4.69, 9.17) is 9.47 Å². The molecule has 0 radical (unpaired) electrons. The Labute approximate surface area is 312 Å². The molecule has 0 heterocycles. The molecule has 53 heavy (non-hydrogen) atoms. The number of nitrogens with one attached hydrogen (secondary N) is 1. The van der Waals surface area contributed by atoms with Crippen molar-refractivity contribution in [2.24, 2.45) is 0 Å². The predicted molar refractivity (Wildman–Crippen MR) is 207 cm³/mol. The molecule has 1 saturated carbocycles. The number of anilines is 1. The Kier molecular flexibility index (Phi) is 12.1. The molecule has 0 spiro atoms. The van der Waals surface area contributed by atoms with Gasteiger partial charge in [0.1, 0.15) is 29.8 Å². The van der Waals surface area contributed by atoms with Gasteiger partial charge in [0.25, 0.3) is 10.0 Å². The first kappa shape index (κ1) is 37.2. The van der Waals surface area contributed by atoms with Gasteiger partial charge in [-0.25, -0.2) is 8.42 Å². The van der Waals surface area contributed by atoms with Gasteiger partial charge in [-0.15, -0.1) is 0 Å². The van der Waals surface area contributed by atoms with Crippen LogP contribution < -0.4 is 19.1 Å². The Balaban J connectivity index is 1.39. The fourth-order valence-electron chi connectivity index (χ4n) is 6.56. The van der Waals surface area contributed by atoms with Crippen LogP contribution in [0, 0.1) is 6.92 Å². The second-order valence-corrected chi connectivity index (χ2v) is 15.2.